The van der Waals surface area contributed by atoms with E-state index >= 15 is 0 Å². The standard InChI is InChI=1S/C15H13BrCl2FN/c1-20-14(10-5-11(16)8-12(17)6-10)7-9-3-2-4-13(19)15(9)18/h2-6,8,14,20H,7H2,1H3. The summed E-state index contributed by atoms with van der Waals surface area (Å²) in [7, 11) is 1.85. The van der Waals surface area contributed by atoms with Gasteiger partial charge in [-0.3, -0.25) is 0 Å². The lowest BCUT2D eigenvalue weighted by Crippen LogP contribution is -2.19. The van der Waals surface area contributed by atoms with Crippen LogP contribution in [0.1, 0.15) is 17.2 Å². The van der Waals surface area contributed by atoms with Crippen LogP contribution in [0.15, 0.2) is 40.9 Å². The van der Waals surface area contributed by atoms with Gasteiger partial charge in [-0.25, -0.2) is 4.39 Å². The van der Waals surface area contributed by atoms with E-state index in [1.54, 1.807) is 6.07 Å². The van der Waals surface area contributed by atoms with Crippen LogP contribution < -0.4 is 5.32 Å². The van der Waals surface area contributed by atoms with Gasteiger partial charge in [-0.2, -0.15) is 0 Å². The number of rotatable bonds is 4. The van der Waals surface area contributed by atoms with Crippen molar-refractivity contribution in [2.75, 3.05) is 7.05 Å². The Hall–Kier alpha value is -0.610. The van der Waals surface area contributed by atoms with E-state index in [2.05, 4.69) is 21.2 Å². The van der Waals surface area contributed by atoms with Crippen molar-refractivity contribution >= 4 is 39.1 Å². The van der Waals surface area contributed by atoms with Crippen molar-refractivity contribution in [3.63, 3.8) is 0 Å². The highest BCUT2D eigenvalue weighted by Gasteiger charge is 2.15. The van der Waals surface area contributed by atoms with Crippen molar-refractivity contribution in [3.05, 3.63) is 67.9 Å². The van der Waals surface area contributed by atoms with Gasteiger partial charge in [0, 0.05) is 15.5 Å². The van der Waals surface area contributed by atoms with E-state index in [-0.39, 0.29) is 11.1 Å². The first-order valence-electron chi connectivity index (χ1n) is 6.07. The Morgan fingerprint density at radius 2 is 2.00 bits per heavy atom. The van der Waals surface area contributed by atoms with Gasteiger partial charge in [0.2, 0.25) is 0 Å². The van der Waals surface area contributed by atoms with Crippen LogP contribution in [0.3, 0.4) is 0 Å². The fraction of sp³-hybridized carbons (Fsp3) is 0.200. The van der Waals surface area contributed by atoms with Crippen molar-refractivity contribution in [2.24, 2.45) is 0 Å². The molecule has 0 fully saturated rings. The molecule has 0 heterocycles. The zero-order valence-electron chi connectivity index (χ0n) is 10.8. The second-order valence-electron chi connectivity index (χ2n) is 4.46. The van der Waals surface area contributed by atoms with E-state index < -0.39 is 5.82 Å². The first-order valence-corrected chi connectivity index (χ1v) is 7.62. The molecule has 0 spiro atoms. The van der Waals surface area contributed by atoms with Crippen molar-refractivity contribution in [3.8, 4) is 0 Å². The van der Waals surface area contributed by atoms with Crippen LogP contribution in [0.2, 0.25) is 10.0 Å². The van der Waals surface area contributed by atoms with Crippen LogP contribution in [0.5, 0.6) is 0 Å². The minimum Gasteiger partial charge on any atom is -0.313 e. The van der Waals surface area contributed by atoms with E-state index in [4.69, 9.17) is 23.2 Å². The molecule has 20 heavy (non-hydrogen) atoms. The molecule has 1 unspecified atom stereocenters. The molecule has 2 rings (SSSR count). The van der Waals surface area contributed by atoms with Gasteiger partial charge in [0.1, 0.15) is 5.82 Å². The summed E-state index contributed by atoms with van der Waals surface area (Å²) in [5.74, 6) is -0.397. The minimum absolute atomic E-state index is 0.00398. The van der Waals surface area contributed by atoms with Crippen LogP contribution in [0, 0.1) is 5.82 Å². The van der Waals surface area contributed by atoms with Gasteiger partial charge >= 0.3 is 0 Å². The van der Waals surface area contributed by atoms with E-state index in [1.165, 1.54) is 6.07 Å². The van der Waals surface area contributed by atoms with Gasteiger partial charge in [0.05, 0.1) is 5.02 Å². The summed E-state index contributed by atoms with van der Waals surface area (Å²) in [4.78, 5) is 0. The number of hydrogen-bond acceptors (Lipinski definition) is 1. The average molecular weight is 377 g/mol. The Morgan fingerprint density at radius 1 is 1.25 bits per heavy atom. The first kappa shape index (κ1) is 15.8. The number of nitrogens with one attached hydrogen (secondary N) is 1. The summed E-state index contributed by atoms with van der Waals surface area (Å²) in [5.41, 5.74) is 1.79. The third-order valence-electron chi connectivity index (χ3n) is 3.09. The van der Waals surface area contributed by atoms with Gasteiger partial charge in [0.15, 0.2) is 0 Å². The molecule has 0 saturated carbocycles. The summed E-state index contributed by atoms with van der Waals surface area (Å²) in [6.45, 7) is 0. The van der Waals surface area contributed by atoms with E-state index in [1.807, 2.05) is 31.3 Å². The largest absolute Gasteiger partial charge is 0.313 e. The number of benzene rings is 2. The van der Waals surface area contributed by atoms with Crippen molar-refractivity contribution < 1.29 is 4.39 Å². The van der Waals surface area contributed by atoms with Gasteiger partial charge in [-0.05, 0) is 48.9 Å². The summed E-state index contributed by atoms with van der Waals surface area (Å²) >= 11 is 15.5. The van der Waals surface area contributed by atoms with E-state index in [0.717, 1.165) is 15.6 Å². The molecule has 1 nitrogen and oxygen atoms in total. The number of hydrogen-bond donors (Lipinski definition) is 1. The lowest BCUT2D eigenvalue weighted by molar-refractivity contribution is 0.584. The summed E-state index contributed by atoms with van der Waals surface area (Å²) in [6, 6.07) is 10.6. The molecular weight excluding hydrogens is 364 g/mol. The molecule has 0 aliphatic heterocycles. The van der Waals surface area contributed by atoms with E-state index in [0.29, 0.717) is 11.4 Å². The van der Waals surface area contributed by atoms with Crippen molar-refractivity contribution in [1.29, 1.82) is 0 Å². The van der Waals surface area contributed by atoms with Gasteiger partial charge in [0.25, 0.3) is 0 Å². The molecule has 0 radical (unpaired) electrons. The van der Waals surface area contributed by atoms with Crippen LogP contribution in [-0.4, -0.2) is 7.05 Å². The van der Waals surface area contributed by atoms with E-state index in [9.17, 15) is 4.39 Å². The molecule has 106 valence electrons. The summed E-state index contributed by atoms with van der Waals surface area (Å²) in [5, 5.41) is 4.03. The van der Waals surface area contributed by atoms with Crippen LogP contribution in [0.4, 0.5) is 4.39 Å². The molecule has 0 amide bonds. The molecule has 1 atom stereocenters. The van der Waals surface area contributed by atoms with Gasteiger partial charge < -0.3 is 5.32 Å². The van der Waals surface area contributed by atoms with Crippen LogP contribution in [0.25, 0.3) is 0 Å². The molecule has 0 aliphatic rings. The quantitative estimate of drug-likeness (QED) is 0.753. The second kappa shape index (κ2) is 6.90. The SMILES string of the molecule is CNC(Cc1cccc(F)c1Cl)c1cc(Cl)cc(Br)c1. The predicted octanol–water partition coefficient (Wildman–Crippen LogP) is 5.40. The topological polar surface area (TPSA) is 12.0 Å². The highest BCUT2D eigenvalue weighted by atomic mass is 79.9. The van der Waals surface area contributed by atoms with Crippen LogP contribution in [-0.2, 0) is 6.42 Å². The van der Waals surface area contributed by atoms with Crippen LogP contribution >= 0.6 is 39.1 Å². The molecule has 2 aromatic carbocycles. The zero-order valence-corrected chi connectivity index (χ0v) is 13.9. The van der Waals surface area contributed by atoms with Gasteiger partial charge in [-0.15, -0.1) is 0 Å². The Balaban J connectivity index is 2.31. The smallest absolute Gasteiger partial charge is 0.142 e. The van der Waals surface area contributed by atoms with Gasteiger partial charge in [-0.1, -0.05) is 51.3 Å². The maximum absolute atomic E-state index is 13.5. The predicted molar refractivity (Wildman–Crippen MR) is 86.1 cm³/mol. The highest BCUT2D eigenvalue weighted by Crippen LogP contribution is 2.28. The first-order chi connectivity index (χ1) is 9.51. The Kier molecular flexibility index (Phi) is 5.44. The molecule has 0 aromatic heterocycles. The Morgan fingerprint density at radius 3 is 2.65 bits per heavy atom. The monoisotopic (exact) mass is 375 g/mol. The highest BCUT2D eigenvalue weighted by molar-refractivity contribution is 9.10. The molecule has 5 heteroatoms. The normalized spacial score (nSPS) is 12.4. The Bertz CT molecular complexity index is 599. The Labute approximate surface area is 136 Å². The average Bonchev–Trinajstić information content (AvgIpc) is 2.39. The minimum atomic E-state index is -0.397. The molecular formula is C15H13BrCl2FN. The van der Waals surface area contributed by atoms with Crippen molar-refractivity contribution in [2.45, 2.75) is 12.5 Å². The maximum Gasteiger partial charge on any atom is 0.142 e. The molecule has 0 bridgehead atoms. The third-order valence-corrected chi connectivity index (χ3v) is 4.19. The second-order valence-corrected chi connectivity index (χ2v) is 6.19. The summed E-state index contributed by atoms with van der Waals surface area (Å²) in [6.07, 6.45) is 0.583. The lowest BCUT2D eigenvalue weighted by Gasteiger charge is -2.18. The number of halogens is 4. The van der Waals surface area contributed by atoms with Crippen molar-refractivity contribution in [1.82, 2.24) is 5.32 Å². The zero-order chi connectivity index (χ0) is 14.7. The molecule has 2 aromatic rings. The number of likely N-dealkylation sites (N-methyl/N-ethyl adjacent to an activating group) is 1. The maximum atomic E-state index is 13.5. The fourth-order valence-corrected chi connectivity index (χ4v) is 3.18. The lowest BCUT2D eigenvalue weighted by atomic mass is 9.99. The fourth-order valence-electron chi connectivity index (χ4n) is 2.09. The molecule has 0 saturated heterocycles. The third kappa shape index (κ3) is 3.73. The molecule has 1 N–H and O–H groups in total. The molecule has 0 aliphatic carbocycles. The summed E-state index contributed by atoms with van der Waals surface area (Å²) < 4.78 is 14.4.